The van der Waals surface area contributed by atoms with Gasteiger partial charge in [-0.05, 0) is 119 Å². The van der Waals surface area contributed by atoms with Crippen LogP contribution in [0.5, 0.6) is 0 Å². The van der Waals surface area contributed by atoms with Crippen LogP contribution in [0.2, 0.25) is 0 Å². The van der Waals surface area contributed by atoms with E-state index < -0.39 is 109 Å². The van der Waals surface area contributed by atoms with Gasteiger partial charge in [0.05, 0.1) is 30.6 Å². The number of nitrogens with zero attached hydrogens (tertiary/aromatic N) is 4. The Morgan fingerprint density at radius 2 is 1.11 bits per heavy atom. The van der Waals surface area contributed by atoms with Gasteiger partial charge in [-0.15, -0.1) is 13.2 Å². The zero-order chi connectivity index (χ0) is 68.2. The van der Waals surface area contributed by atoms with E-state index in [1.165, 1.54) is 15.9 Å². The van der Waals surface area contributed by atoms with Crippen LogP contribution in [-0.4, -0.2) is 168 Å². The average molecular weight is 1350 g/mol. The molecule has 4 heterocycles. The second-order valence-corrected chi connectivity index (χ2v) is 33.6. The Hall–Kier alpha value is -6.36. The first-order chi connectivity index (χ1) is 43.7. The maximum Gasteiger partial charge on any atom is 0.408 e. The lowest BCUT2D eigenvalue weighted by Crippen LogP contribution is -2.58. The van der Waals surface area contributed by atoms with Crippen LogP contribution < -0.4 is 32.3 Å². The number of nitrogens with two attached hydrogens (primary N) is 1. The van der Waals surface area contributed by atoms with Crippen molar-refractivity contribution in [1.82, 2.24) is 35.6 Å². The molecule has 4 unspecified atom stereocenters. The minimum atomic E-state index is -4.79. The van der Waals surface area contributed by atoms with Crippen LogP contribution in [0, 0.1) is 22.7 Å². The number of urea groups is 2. The van der Waals surface area contributed by atoms with Crippen molar-refractivity contribution in [1.29, 1.82) is 0 Å². The monoisotopic (exact) mass is 1350 g/mol. The number of carboxylic acid groups (broad SMARTS) is 1. The van der Waals surface area contributed by atoms with Crippen LogP contribution in [0.3, 0.4) is 0 Å². The predicted octanol–water partition coefficient (Wildman–Crippen LogP) is 9.28. The lowest BCUT2D eigenvalue weighted by molar-refractivity contribution is -0.150. The summed E-state index contributed by atoms with van der Waals surface area (Å²) in [5.74, 6) is -3.25. The van der Waals surface area contributed by atoms with E-state index >= 15 is 0 Å². The molecular formula is C64H95N10O16P3. The molecule has 2 saturated heterocycles. The predicted molar refractivity (Wildman–Crippen MR) is 353 cm³/mol. The first-order valence-corrected chi connectivity index (χ1v) is 36.7. The number of amides is 9. The van der Waals surface area contributed by atoms with Crippen molar-refractivity contribution < 1.29 is 76.3 Å². The highest BCUT2D eigenvalue weighted by molar-refractivity contribution is 7.93. The Morgan fingerprint density at radius 1 is 0.699 bits per heavy atom. The Balaban J connectivity index is 0.000000201. The Morgan fingerprint density at radius 3 is 1.47 bits per heavy atom. The molecule has 29 heteroatoms. The Labute approximate surface area is 546 Å². The van der Waals surface area contributed by atoms with Gasteiger partial charge >= 0.3 is 37.8 Å². The van der Waals surface area contributed by atoms with E-state index in [0.717, 1.165) is 74.6 Å². The summed E-state index contributed by atoms with van der Waals surface area (Å²) in [5, 5.41) is 21.4. The molecule has 0 radical (unpaired) electrons. The average Bonchev–Trinajstić information content (AvgIpc) is 1.58. The molecule has 10 rings (SSSR count). The molecule has 2 aromatic carbocycles. The normalized spacial score (nSPS) is 26.7. The van der Waals surface area contributed by atoms with Gasteiger partial charge in [-0.3, -0.25) is 18.9 Å². The highest BCUT2D eigenvalue weighted by atomic mass is 31.8. The number of para-hydroxylation sites is 2. The molecule has 93 heavy (non-hydrogen) atoms. The van der Waals surface area contributed by atoms with Crippen LogP contribution >= 0.6 is 23.1 Å². The van der Waals surface area contributed by atoms with E-state index in [1.807, 2.05) is 83.2 Å². The van der Waals surface area contributed by atoms with Gasteiger partial charge in [0.2, 0.25) is 17.7 Å². The van der Waals surface area contributed by atoms with Gasteiger partial charge in [0.15, 0.2) is 7.00 Å². The molecule has 10 atom stereocenters. The van der Waals surface area contributed by atoms with E-state index in [1.54, 1.807) is 36.6 Å². The number of aliphatic carboxylic acids is 1. The van der Waals surface area contributed by atoms with Crippen LogP contribution in [0.4, 0.5) is 30.6 Å². The fourth-order valence-corrected chi connectivity index (χ4v) is 18.3. The molecule has 0 spiro atoms. The minimum Gasteiger partial charge on any atom is -0.480 e. The SMILES string of the molecule is C=CC1C[C@]1(N)P(=P)(OCC)OCC.C=CC1C[C@]1(NC(=O)[C@@H]1CC(N2Cc3ccccc3NC2=O)CN1C(=O)[C@@H](NC(=O)OC1CCCC1)C(C)(C)C)P(=O)(O)O.CC(C)(C)[C@H](NC(=O)OC1CCCC1)C(=O)N1CC(N2Cc3ccccc3NC2=O)C[C@H]1C(=O)O. The van der Waals surface area contributed by atoms with E-state index in [2.05, 4.69) is 48.3 Å². The quantitative estimate of drug-likeness (QED) is 0.0467. The zero-order valence-corrected chi connectivity index (χ0v) is 57.4. The fourth-order valence-electron chi connectivity index (χ4n) is 13.3. The van der Waals surface area contributed by atoms with Gasteiger partial charge in [-0.1, -0.05) is 98.6 Å². The molecule has 8 aliphatic rings. The third-order valence-electron chi connectivity index (χ3n) is 18.8. The molecule has 9 amide bonds. The Kier molecular flexibility index (Phi) is 22.9. The number of hydrogen-bond donors (Lipinski definition) is 9. The third-order valence-corrected chi connectivity index (χ3v) is 25.4. The highest BCUT2D eigenvalue weighted by Gasteiger charge is 2.67. The van der Waals surface area contributed by atoms with E-state index in [-0.39, 0.29) is 68.4 Å². The largest absolute Gasteiger partial charge is 0.480 e. The number of carboxylic acids is 1. The summed E-state index contributed by atoms with van der Waals surface area (Å²) in [6.07, 6.45) is 9.61. The number of hydrogen-bond acceptors (Lipinski definition) is 14. The number of carbonyl (C=O) groups excluding carboxylic acids is 7. The molecular weight excluding hydrogens is 1260 g/mol. The van der Waals surface area contributed by atoms with Crippen LogP contribution in [0.25, 0.3) is 0 Å². The number of alkyl carbamates (subject to hydrolysis) is 2. The first kappa shape index (κ1) is 72.5. The minimum absolute atomic E-state index is 0.0150. The van der Waals surface area contributed by atoms with E-state index in [9.17, 15) is 57.8 Å². The van der Waals surface area contributed by atoms with Gasteiger partial charge in [-0.25, -0.2) is 24.0 Å². The first-order valence-electron chi connectivity index (χ1n) is 32.2. The van der Waals surface area contributed by atoms with E-state index in [4.69, 9.17) is 24.3 Å². The molecule has 4 saturated carbocycles. The summed E-state index contributed by atoms with van der Waals surface area (Å²) >= 11 is 0. The third kappa shape index (κ3) is 16.5. The summed E-state index contributed by atoms with van der Waals surface area (Å²) in [6, 6.07) is 8.69. The van der Waals surface area contributed by atoms with Crippen molar-refractivity contribution in [2.24, 2.45) is 28.4 Å². The van der Waals surface area contributed by atoms with Crippen molar-refractivity contribution in [2.75, 3.05) is 36.9 Å². The second kappa shape index (κ2) is 29.3. The van der Waals surface area contributed by atoms with E-state index in [0.29, 0.717) is 31.4 Å². The second-order valence-electron chi connectivity index (χ2n) is 27.5. The number of fused-ring (bicyclic) bond motifs is 2. The molecule has 6 fully saturated rings. The fraction of sp³-hybridized carbons (Fsp3) is 0.625. The number of nitrogens with one attached hydrogen (secondary N) is 5. The summed E-state index contributed by atoms with van der Waals surface area (Å²) in [4.78, 5) is 131. The molecule has 4 aliphatic heterocycles. The molecule has 512 valence electrons. The lowest BCUT2D eigenvalue weighted by atomic mass is 9.85. The number of benzene rings is 2. The number of ether oxygens (including phenoxy) is 2. The lowest BCUT2D eigenvalue weighted by Gasteiger charge is -2.36. The molecule has 4 aliphatic carbocycles. The van der Waals surface area contributed by atoms with Crippen molar-refractivity contribution in [3.63, 3.8) is 0 Å². The molecule has 2 aromatic rings. The number of rotatable bonds is 19. The maximum absolute atomic E-state index is 14.3. The summed E-state index contributed by atoms with van der Waals surface area (Å²) in [7, 11) is -3.27. The van der Waals surface area contributed by atoms with Gasteiger partial charge in [0.25, 0.3) is 0 Å². The number of anilines is 2. The number of carbonyl (C=O) groups is 8. The van der Waals surface area contributed by atoms with Crippen LogP contribution in [-0.2, 0) is 55.4 Å². The van der Waals surface area contributed by atoms with Crippen LogP contribution in [0.1, 0.15) is 144 Å². The number of likely N-dealkylation sites (tertiary alicyclic amines) is 2. The zero-order valence-electron chi connectivity index (χ0n) is 54.6. The topological polar surface area (TPSA) is 350 Å². The van der Waals surface area contributed by atoms with Crippen LogP contribution in [0.15, 0.2) is 73.8 Å². The highest BCUT2D eigenvalue weighted by Crippen LogP contribution is 2.74. The molecule has 0 bridgehead atoms. The van der Waals surface area contributed by atoms with Crippen molar-refractivity contribution in [3.05, 3.63) is 85.0 Å². The summed E-state index contributed by atoms with van der Waals surface area (Å²) in [6.45, 7) is 23.9. The summed E-state index contributed by atoms with van der Waals surface area (Å²) < 4.78 is 34.8. The van der Waals surface area contributed by atoms with Gasteiger partial charge in [0.1, 0.15) is 41.7 Å². The molecule has 26 nitrogen and oxygen atoms in total. The van der Waals surface area contributed by atoms with Gasteiger partial charge < -0.3 is 85.3 Å². The molecule has 0 aromatic heterocycles. The van der Waals surface area contributed by atoms with Crippen molar-refractivity contribution in [3.8, 4) is 0 Å². The maximum atomic E-state index is 14.3. The Bertz CT molecular complexity index is 3240. The van der Waals surface area contributed by atoms with Crippen molar-refractivity contribution >= 4 is 82.4 Å². The summed E-state index contributed by atoms with van der Waals surface area (Å²) in [5.41, 5.74) is 7.96. The van der Waals surface area contributed by atoms with Gasteiger partial charge in [0, 0.05) is 55.8 Å². The standard InChI is InChI=1S/C30H42N5O8P.C25H34N4O6.C9H19NO2P2/c1-5-19-15-30(19,44(40,41)42)33-25(36)23-14-20(34-16-18-10-6-9-13-22(18)31-27(34)38)17-35(23)26(37)24(29(2,3)4)32-28(39)43-21-11-7-8-12-21;1-25(2,3)20(27-24(34)35-17-9-5-6-10-17)21(30)29-14-16(12-19(29)22(31)32)28-13-15-8-4-7-11-18(15)26-23(28)33;1-4-8-7-9(8,10)14(13,11-5-2)12-6-3/h5-6,9-10,13,19-21,23-24H,1,7-8,11-12,14-17H2,2-4H3,(H,31,38)(H,32,39)(H,33,36)(H2,40,41,42);4,7-8,11,16-17,19-20H,5-6,9-10,12-14H2,1-3H3,(H,26,33)(H,27,34)(H,31,32);4,8,13H,1,5-7,10H2,2-3H3/t19?,20?,23-,24+,30-;16?,19-,20+;8?,9-/m000/s1. The van der Waals surface area contributed by atoms with Crippen molar-refractivity contribution in [2.45, 2.75) is 205 Å². The van der Waals surface area contributed by atoms with Gasteiger partial charge in [-0.2, -0.15) is 0 Å². The smallest absolute Gasteiger partial charge is 0.408 e. The molecule has 10 N–H and O–H groups in total.